The van der Waals surface area contributed by atoms with Gasteiger partial charge in [0.1, 0.15) is 11.6 Å². The fourth-order valence-electron chi connectivity index (χ4n) is 2.50. The number of amides is 1. The summed E-state index contributed by atoms with van der Waals surface area (Å²) in [5.74, 6) is 4.73. The molecule has 0 aliphatic carbocycles. The summed E-state index contributed by atoms with van der Waals surface area (Å²) in [6.45, 7) is 6.08. The number of rotatable bonds is 4. The highest BCUT2D eigenvalue weighted by atomic mass is 16.5. The van der Waals surface area contributed by atoms with Crippen LogP contribution in [-0.4, -0.2) is 23.1 Å². The van der Waals surface area contributed by atoms with E-state index in [-0.39, 0.29) is 18.1 Å². The molecule has 118 valence electrons. The van der Waals surface area contributed by atoms with Crippen molar-refractivity contribution in [3.05, 3.63) is 22.4 Å². The summed E-state index contributed by atoms with van der Waals surface area (Å²) in [5, 5.41) is 9.49. The number of carbonyl (C=O) groups excluding carboxylic acids is 1. The number of aryl methyl sites for hydroxylation is 1. The SMILES string of the molecule is CCc1nc(OCC(=O)NN)c(C#N)c2c1COC(C)(C)C2. The molecule has 0 saturated carbocycles. The van der Waals surface area contributed by atoms with E-state index >= 15 is 0 Å². The fraction of sp³-hybridized carbons (Fsp3) is 0.533. The predicted octanol–water partition coefficient (Wildman–Crippen LogP) is 0.736. The molecule has 0 atom stereocenters. The number of hydrogen-bond donors (Lipinski definition) is 2. The van der Waals surface area contributed by atoms with Crippen molar-refractivity contribution >= 4 is 5.91 Å². The second-order valence-corrected chi connectivity index (χ2v) is 5.74. The lowest BCUT2D eigenvalue weighted by molar-refractivity contribution is -0.123. The van der Waals surface area contributed by atoms with Crippen LogP contribution < -0.4 is 16.0 Å². The van der Waals surface area contributed by atoms with Crippen LogP contribution in [-0.2, 0) is 29.0 Å². The summed E-state index contributed by atoms with van der Waals surface area (Å²) < 4.78 is 11.2. The van der Waals surface area contributed by atoms with Crippen molar-refractivity contribution in [1.82, 2.24) is 10.4 Å². The first-order valence-electron chi connectivity index (χ1n) is 7.12. The van der Waals surface area contributed by atoms with Gasteiger partial charge in [-0.3, -0.25) is 10.2 Å². The van der Waals surface area contributed by atoms with Crippen LogP contribution in [0.1, 0.15) is 43.2 Å². The Hall–Kier alpha value is -2.17. The van der Waals surface area contributed by atoms with E-state index in [1.165, 1.54) is 0 Å². The number of hydrogen-bond acceptors (Lipinski definition) is 6. The summed E-state index contributed by atoms with van der Waals surface area (Å²) in [6.07, 6.45) is 1.29. The molecule has 22 heavy (non-hydrogen) atoms. The van der Waals surface area contributed by atoms with Crippen molar-refractivity contribution in [2.24, 2.45) is 5.84 Å². The third-order valence-electron chi connectivity index (χ3n) is 3.62. The van der Waals surface area contributed by atoms with E-state index in [9.17, 15) is 10.1 Å². The molecule has 1 aromatic heterocycles. The van der Waals surface area contributed by atoms with Crippen molar-refractivity contribution in [2.75, 3.05) is 6.61 Å². The molecule has 0 unspecified atom stereocenters. The van der Waals surface area contributed by atoms with Crippen LogP contribution in [0.2, 0.25) is 0 Å². The quantitative estimate of drug-likeness (QED) is 0.482. The van der Waals surface area contributed by atoms with Gasteiger partial charge in [0.2, 0.25) is 5.88 Å². The molecule has 7 nitrogen and oxygen atoms in total. The molecule has 0 aromatic carbocycles. The topological polar surface area (TPSA) is 110 Å². The molecule has 1 aliphatic heterocycles. The largest absolute Gasteiger partial charge is 0.467 e. The summed E-state index contributed by atoms with van der Waals surface area (Å²) in [5.41, 5.74) is 4.68. The second kappa shape index (κ2) is 6.30. The minimum absolute atomic E-state index is 0.180. The van der Waals surface area contributed by atoms with Gasteiger partial charge in [0.25, 0.3) is 5.91 Å². The first-order chi connectivity index (χ1) is 10.4. The Balaban J connectivity index is 2.47. The highest BCUT2D eigenvalue weighted by molar-refractivity contribution is 5.76. The molecule has 2 rings (SSSR count). The summed E-state index contributed by atoms with van der Waals surface area (Å²) in [4.78, 5) is 15.6. The van der Waals surface area contributed by atoms with E-state index in [4.69, 9.17) is 15.3 Å². The molecule has 2 heterocycles. The van der Waals surface area contributed by atoms with Crippen molar-refractivity contribution in [1.29, 1.82) is 5.26 Å². The highest BCUT2D eigenvalue weighted by Gasteiger charge is 2.31. The first-order valence-corrected chi connectivity index (χ1v) is 7.12. The van der Waals surface area contributed by atoms with Gasteiger partial charge >= 0.3 is 0 Å². The zero-order valence-corrected chi connectivity index (χ0v) is 13.0. The number of aromatic nitrogens is 1. The van der Waals surface area contributed by atoms with E-state index in [1.54, 1.807) is 0 Å². The van der Waals surface area contributed by atoms with Crippen LogP contribution in [0.15, 0.2) is 0 Å². The number of nitrogens with zero attached hydrogens (tertiary/aromatic N) is 2. The summed E-state index contributed by atoms with van der Waals surface area (Å²) in [6, 6.07) is 2.15. The summed E-state index contributed by atoms with van der Waals surface area (Å²) in [7, 11) is 0. The molecular formula is C15H20N4O3. The highest BCUT2D eigenvalue weighted by Crippen LogP contribution is 2.35. The number of fused-ring (bicyclic) bond motifs is 1. The number of hydrazine groups is 1. The van der Waals surface area contributed by atoms with Crippen molar-refractivity contribution in [3.63, 3.8) is 0 Å². The van der Waals surface area contributed by atoms with Gasteiger partial charge in [0, 0.05) is 12.0 Å². The minimum atomic E-state index is -0.481. The van der Waals surface area contributed by atoms with Gasteiger partial charge in [0.15, 0.2) is 6.61 Å². The first kappa shape index (κ1) is 16.2. The van der Waals surface area contributed by atoms with Gasteiger partial charge < -0.3 is 9.47 Å². The minimum Gasteiger partial charge on any atom is -0.467 e. The normalized spacial score (nSPS) is 15.6. The Bertz CT molecular complexity index is 635. The third kappa shape index (κ3) is 3.18. The molecular weight excluding hydrogens is 284 g/mol. The molecule has 1 amide bonds. The van der Waals surface area contributed by atoms with E-state index < -0.39 is 5.91 Å². The summed E-state index contributed by atoms with van der Waals surface area (Å²) >= 11 is 0. The van der Waals surface area contributed by atoms with E-state index in [0.717, 1.165) is 16.8 Å². The molecule has 1 aromatic rings. The second-order valence-electron chi connectivity index (χ2n) is 5.74. The van der Waals surface area contributed by atoms with Crippen LogP contribution in [0.3, 0.4) is 0 Å². The van der Waals surface area contributed by atoms with Gasteiger partial charge in [-0.25, -0.2) is 10.8 Å². The zero-order chi connectivity index (χ0) is 16.3. The average molecular weight is 304 g/mol. The predicted molar refractivity (Wildman–Crippen MR) is 78.7 cm³/mol. The molecule has 0 radical (unpaired) electrons. The lowest BCUT2D eigenvalue weighted by Gasteiger charge is -2.33. The maximum absolute atomic E-state index is 11.2. The number of ether oxygens (including phenoxy) is 2. The Kier molecular flexibility index (Phi) is 4.64. The maximum atomic E-state index is 11.2. The van der Waals surface area contributed by atoms with Crippen molar-refractivity contribution in [2.45, 2.75) is 45.8 Å². The van der Waals surface area contributed by atoms with Crippen molar-refractivity contribution < 1.29 is 14.3 Å². The van der Waals surface area contributed by atoms with Gasteiger partial charge in [-0.1, -0.05) is 6.92 Å². The van der Waals surface area contributed by atoms with Crippen LogP contribution >= 0.6 is 0 Å². The Morgan fingerprint density at radius 1 is 1.55 bits per heavy atom. The molecule has 0 bridgehead atoms. The average Bonchev–Trinajstić information content (AvgIpc) is 2.50. The molecule has 0 fully saturated rings. The van der Waals surface area contributed by atoms with Gasteiger partial charge in [-0.05, 0) is 25.8 Å². The van der Waals surface area contributed by atoms with Crippen LogP contribution in [0.5, 0.6) is 5.88 Å². The Morgan fingerprint density at radius 2 is 2.27 bits per heavy atom. The van der Waals surface area contributed by atoms with Gasteiger partial charge in [0.05, 0.1) is 17.9 Å². The number of nitrogens with one attached hydrogen (secondary N) is 1. The molecule has 3 N–H and O–H groups in total. The Labute approximate surface area is 129 Å². The number of nitrogens with two attached hydrogens (primary N) is 1. The van der Waals surface area contributed by atoms with Crippen LogP contribution in [0.25, 0.3) is 0 Å². The maximum Gasteiger partial charge on any atom is 0.271 e. The number of carbonyl (C=O) groups is 1. The van der Waals surface area contributed by atoms with Crippen molar-refractivity contribution in [3.8, 4) is 11.9 Å². The third-order valence-corrected chi connectivity index (χ3v) is 3.62. The number of pyridine rings is 1. The fourth-order valence-corrected chi connectivity index (χ4v) is 2.50. The van der Waals surface area contributed by atoms with E-state index in [1.807, 2.05) is 26.2 Å². The zero-order valence-electron chi connectivity index (χ0n) is 13.0. The lowest BCUT2D eigenvalue weighted by atomic mass is 9.88. The van der Waals surface area contributed by atoms with E-state index in [0.29, 0.717) is 25.0 Å². The molecule has 0 spiro atoms. The lowest BCUT2D eigenvalue weighted by Crippen LogP contribution is -2.35. The van der Waals surface area contributed by atoms with Gasteiger partial charge in [-0.2, -0.15) is 5.26 Å². The molecule has 0 saturated heterocycles. The number of nitriles is 1. The molecule has 1 aliphatic rings. The monoisotopic (exact) mass is 304 g/mol. The van der Waals surface area contributed by atoms with Crippen LogP contribution in [0, 0.1) is 11.3 Å². The Morgan fingerprint density at radius 3 is 2.86 bits per heavy atom. The molecule has 7 heteroatoms. The smallest absolute Gasteiger partial charge is 0.271 e. The van der Waals surface area contributed by atoms with E-state index in [2.05, 4.69) is 11.1 Å². The van der Waals surface area contributed by atoms with Crippen LogP contribution in [0.4, 0.5) is 0 Å². The standard InChI is InChI=1S/C15H20N4O3/c1-4-12-11-7-22-15(2,3)5-9(11)10(6-16)14(18-12)21-8-13(20)19-17/h4-5,7-8,17H2,1-3H3,(H,19,20). The van der Waals surface area contributed by atoms with Gasteiger partial charge in [-0.15, -0.1) is 0 Å².